The number of methoxy groups -OCH3 is 1. The largest absolute Gasteiger partial charge is 0.495 e. The SMILES string of the molecule is COc1cc(Br)cc(C)c1NCc1cc(F)c(F)cc1F. The van der Waals surface area contributed by atoms with E-state index < -0.39 is 17.5 Å². The number of benzene rings is 2. The van der Waals surface area contributed by atoms with Gasteiger partial charge >= 0.3 is 0 Å². The van der Waals surface area contributed by atoms with Crippen molar-refractivity contribution >= 4 is 21.6 Å². The predicted molar refractivity (Wildman–Crippen MR) is 79.1 cm³/mol. The van der Waals surface area contributed by atoms with Crippen LogP contribution in [0.25, 0.3) is 0 Å². The first-order valence-corrected chi connectivity index (χ1v) is 6.93. The van der Waals surface area contributed by atoms with Crippen LogP contribution in [0.2, 0.25) is 0 Å². The molecule has 2 rings (SSSR count). The summed E-state index contributed by atoms with van der Waals surface area (Å²) in [6.07, 6.45) is 0. The van der Waals surface area contributed by atoms with E-state index in [2.05, 4.69) is 21.2 Å². The molecule has 112 valence electrons. The Morgan fingerprint density at radius 3 is 2.38 bits per heavy atom. The molecule has 1 N–H and O–H groups in total. The van der Waals surface area contributed by atoms with Gasteiger partial charge in [0, 0.05) is 22.6 Å². The first-order valence-electron chi connectivity index (χ1n) is 6.13. The second-order valence-electron chi connectivity index (χ2n) is 4.51. The van der Waals surface area contributed by atoms with Crippen molar-refractivity contribution in [2.75, 3.05) is 12.4 Å². The van der Waals surface area contributed by atoms with Crippen molar-refractivity contribution in [3.63, 3.8) is 0 Å². The lowest BCUT2D eigenvalue weighted by Gasteiger charge is -2.15. The molecule has 0 fully saturated rings. The van der Waals surface area contributed by atoms with E-state index in [1.54, 1.807) is 6.07 Å². The van der Waals surface area contributed by atoms with Crippen LogP contribution in [0, 0.1) is 24.4 Å². The summed E-state index contributed by atoms with van der Waals surface area (Å²) < 4.78 is 45.7. The fourth-order valence-corrected chi connectivity index (χ4v) is 2.53. The minimum absolute atomic E-state index is 0.0157. The van der Waals surface area contributed by atoms with E-state index in [1.807, 2.05) is 13.0 Å². The molecule has 0 aromatic heterocycles. The Kier molecular flexibility index (Phi) is 4.77. The van der Waals surface area contributed by atoms with Crippen LogP contribution >= 0.6 is 15.9 Å². The van der Waals surface area contributed by atoms with Crippen LogP contribution in [0.3, 0.4) is 0 Å². The van der Waals surface area contributed by atoms with E-state index in [9.17, 15) is 13.2 Å². The lowest BCUT2D eigenvalue weighted by Crippen LogP contribution is -2.06. The van der Waals surface area contributed by atoms with E-state index in [0.717, 1.165) is 16.1 Å². The predicted octanol–water partition coefficient (Wildman–Crippen LogP) is 4.80. The summed E-state index contributed by atoms with van der Waals surface area (Å²) in [7, 11) is 1.52. The van der Waals surface area contributed by atoms with Crippen molar-refractivity contribution in [2.45, 2.75) is 13.5 Å². The van der Waals surface area contributed by atoms with Gasteiger partial charge < -0.3 is 10.1 Å². The molecular formula is C15H13BrF3NO. The highest BCUT2D eigenvalue weighted by Crippen LogP contribution is 2.32. The zero-order chi connectivity index (χ0) is 15.6. The van der Waals surface area contributed by atoms with Gasteiger partial charge in [0.05, 0.1) is 12.8 Å². The van der Waals surface area contributed by atoms with Crippen molar-refractivity contribution in [2.24, 2.45) is 0 Å². The molecule has 0 aliphatic heterocycles. The highest BCUT2D eigenvalue weighted by Gasteiger charge is 2.12. The van der Waals surface area contributed by atoms with Crippen LogP contribution in [0.15, 0.2) is 28.7 Å². The van der Waals surface area contributed by atoms with Gasteiger partial charge in [-0.05, 0) is 30.7 Å². The maximum Gasteiger partial charge on any atom is 0.161 e. The zero-order valence-electron chi connectivity index (χ0n) is 11.4. The summed E-state index contributed by atoms with van der Waals surface area (Å²) in [6, 6.07) is 5.01. The van der Waals surface area contributed by atoms with Gasteiger partial charge in [-0.15, -0.1) is 0 Å². The van der Waals surface area contributed by atoms with E-state index in [-0.39, 0.29) is 12.1 Å². The van der Waals surface area contributed by atoms with Gasteiger partial charge in [-0.1, -0.05) is 15.9 Å². The van der Waals surface area contributed by atoms with Gasteiger partial charge in [-0.25, -0.2) is 13.2 Å². The zero-order valence-corrected chi connectivity index (χ0v) is 13.0. The molecular weight excluding hydrogens is 347 g/mol. The standard InChI is InChI=1S/C15H13BrF3NO/c1-8-3-10(16)5-14(21-2)15(8)20-7-9-4-12(18)13(19)6-11(9)17/h3-6,20H,7H2,1-2H3. The van der Waals surface area contributed by atoms with Gasteiger partial charge in [-0.3, -0.25) is 0 Å². The van der Waals surface area contributed by atoms with E-state index >= 15 is 0 Å². The molecule has 0 atom stereocenters. The fraction of sp³-hybridized carbons (Fsp3) is 0.200. The van der Waals surface area contributed by atoms with Gasteiger partial charge in [-0.2, -0.15) is 0 Å². The van der Waals surface area contributed by atoms with Crippen molar-refractivity contribution in [1.82, 2.24) is 0 Å². The van der Waals surface area contributed by atoms with Crippen molar-refractivity contribution in [3.8, 4) is 5.75 Å². The molecule has 2 nitrogen and oxygen atoms in total. The number of halogens is 4. The Labute approximate surface area is 129 Å². The summed E-state index contributed by atoms with van der Waals surface area (Å²) >= 11 is 3.35. The molecule has 21 heavy (non-hydrogen) atoms. The number of aryl methyl sites for hydroxylation is 1. The van der Waals surface area contributed by atoms with Crippen LogP contribution < -0.4 is 10.1 Å². The quantitative estimate of drug-likeness (QED) is 0.792. The minimum atomic E-state index is -1.20. The Morgan fingerprint density at radius 1 is 1.05 bits per heavy atom. The smallest absolute Gasteiger partial charge is 0.161 e. The average Bonchev–Trinajstić information content (AvgIpc) is 2.42. The van der Waals surface area contributed by atoms with E-state index in [0.29, 0.717) is 17.5 Å². The normalized spacial score (nSPS) is 10.6. The van der Waals surface area contributed by atoms with Crippen LogP contribution in [0.4, 0.5) is 18.9 Å². The Bertz CT molecular complexity index is 676. The van der Waals surface area contributed by atoms with Crippen molar-refractivity contribution in [1.29, 1.82) is 0 Å². The summed E-state index contributed by atoms with van der Waals surface area (Å²) in [5.41, 5.74) is 1.59. The molecule has 0 bridgehead atoms. The van der Waals surface area contributed by atoms with Gasteiger partial charge in [0.25, 0.3) is 0 Å². The topological polar surface area (TPSA) is 21.3 Å². The Balaban J connectivity index is 2.26. The monoisotopic (exact) mass is 359 g/mol. The molecule has 0 spiro atoms. The first kappa shape index (κ1) is 15.7. The highest BCUT2D eigenvalue weighted by atomic mass is 79.9. The number of anilines is 1. The molecule has 0 unspecified atom stereocenters. The molecule has 0 radical (unpaired) electrons. The fourth-order valence-electron chi connectivity index (χ4n) is 1.98. The van der Waals surface area contributed by atoms with Gasteiger partial charge in [0.2, 0.25) is 0 Å². The molecule has 0 amide bonds. The lowest BCUT2D eigenvalue weighted by atomic mass is 10.1. The van der Waals surface area contributed by atoms with Crippen LogP contribution in [0.5, 0.6) is 5.75 Å². The molecule has 0 saturated heterocycles. The third-order valence-electron chi connectivity index (χ3n) is 3.03. The summed E-state index contributed by atoms with van der Waals surface area (Å²) in [5.74, 6) is -2.50. The van der Waals surface area contributed by atoms with Crippen LogP contribution in [-0.4, -0.2) is 7.11 Å². The third-order valence-corrected chi connectivity index (χ3v) is 3.49. The second kappa shape index (κ2) is 6.39. The Hall–Kier alpha value is -1.69. The Morgan fingerprint density at radius 2 is 1.71 bits per heavy atom. The molecule has 6 heteroatoms. The molecule has 0 saturated carbocycles. The molecule has 0 aliphatic carbocycles. The molecule has 2 aromatic carbocycles. The third kappa shape index (κ3) is 3.50. The summed E-state index contributed by atoms with van der Waals surface area (Å²) in [4.78, 5) is 0. The maximum atomic E-state index is 13.6. The highest BCUT2D eigenvalue weighted by molar-refractivity contribution is 9.10. The van der Waals surface area contributed by atoms with Gasteiger partial charge in [0.15, 0.2) is 11.6 Å². The number of hydrogen-bond acceptors (Lipinski definition) is 2. The first-order chi connectivity index (χ1) is 9.92. The minimum Gasteiger partial charge on any atom is -0.495 e. The second-order valence-corrected chi connectivity index (χ2v) is 5.43. The lowest BCUT2D eigenvalue weighted by molar-refractivity contribution is 0.416. The van der Waals surface area contributed by atoms with E-state index in [4.69, 9.17) is 4.74 Å². The number of nitrogens with one attached hydrogen (secondary N) is 1. The van der Waals surface area contributed by atoms with Crippen molar-refractivity contribution < 1.29 is 17.9 Å². The number of ether oxygens (including phenoxy) is 1. The number of hydrogen-bond donors (Lipinski definition) is 1. The van der Waals surface area contributed by atoms with E-state index in [1.165, 1.54) is 7.11 Å². The van der Waals surface area contributed by atoms with Crippen LogP contribution in [0.1, 0.15) is 11.1 Å². The summed E-state index contributed by atoms with van der Waals surface area (Å²) in [5, 5.41) is 2.99. The maximum absolute atomic E-state index is 13.6. The van der Waals surface area contributed by atoms with Crippen LogP contribution in [-0.2, 0) is 6.54 Å². The molecule has 2 aromatic rings. The number of rotatable bonds is 4. The summed E-state index contributed by atoms with van der Waals surface area (Å²) in [6.45, 7) is 1.87. The van der Waals surface area contributed by atoms with Gasteiger partial charge in [0.1, 0.15) is 11.6 Å². The molecule has 0 aliphatic rings. The molecule has 0 heterocycles. The van der Waals surface area contributed by atoms with Crippen molar-refractivity contribution in [3.05, 3.63) is 57.3 Å². The average molecular weight is 360 g/mol.